The van der Waals surface area contributed by atoms with Crippen LogP contribution in [-0.4, -0.2) is 23.5 Å². The number of fused-ring (bicyclic) bond motifs is 1. The Bertz CT molecular complexity index is 1050. The summed E-state index contributed by atoms with van der Waals surface area (Å²) in [6.07, 6.45) is -4.62. The van der Waals surface area contributed by atoms with Crippen molar-refractivity contribution in [3.8, 4) is 0 Å². The van der Waals surface area contributed by atoms with Gasteiger partial charge in [0.2, 0.25) is 0 Å². The number of pyridine rings is 1. The lowest BCUT2D eigenvalue weighted by Crippen LogP contribution is -2.23. The molecule has 5 nitrogen and oxygen atoms in total. The summed E-state index contributed by atoms with van der Waals surface area (Å²) < 4.78 is 43.9. The number of benzene rings is 2. The van der Waals surface area contributed by atoms with Gasteiger partial charge in [-0.25, -0.2) is 4.79 Å². The molecule has 0 spiro atoms. The second-order valence-corrected chi connectivity index (χ2v) is 6.00. The summed E-state index contributed by atoms with van der Waals surface area (Å²) in [5.41, 5.74) is 0.0329. The van der Waals surface area contributed by atoms with Gasteiger partial charge in [-0.15, -0.1) is 0 Å². The molecule has 28 heavy (non-hydrogen) atoms. The van der Waals surface area contributed by atoms with E-state index in [-0.39, 0.29) is 5.56 Å². The molecule has 0 bridgehead atoms. The number of para-hydroxylation sites is 2. The SMILES string of the molecule is Cc1cc(C(=O)OCC(=O)Nc2ccccc2C(F)(F)F)c2ccccc2n1. The first kappa shape index (κ1) is 19.3. The third kappa shape index (κ3) is 4.28. The van der Waals surface area contributed by atoms with E-state index in [1.807, 2.05) is 0 Å². The highest BCUT2D eigenvalue weighted by Gasteiger charge is 2.33. The van der Waals surface area contributed by atoms with Crippen molar-refractivity contribution in [2.75, 3.05) is 11.9 Å². The highest BCUT2D eigenvalue weighted by atomic mass is 19.4. The minimum Gasteiger partial charge on any atom is -0.452 e. The molecule has 8 heteroatoms. The summed E-state index contributed by atoms with van der Waals surface area (Å²) in [6, 6.07) is 13.0. The summed E-state index contributed by atoms with van der Waals surface area (Å²) in [5, 5.41) is 2.68. The zero-order valence-electron chi connectivity index (χ0n) is 14.7. The van der Waals surface area contributed by atoms with Crippen LogP contribution in [0.3, 0.4) is 0 Å². The Kier molecular flexibility index (Phi) is 5.30. The molecule has 0 fully saturated rings. The van der Waals surface area contributed by atoms with Gasteiger partial charge in [0.25, 0.3) is 5.91 Å². The normalized spacial score (nSPS) is 11.3. The van der Waals surface area contributed by atoms with E-state index in [4.69, 9.17) is 4.74 Å². The summed E-state index contributed by atoms with van der Waals surface area (Å²) in [4.78, 5) is 28.7. The van der Waals surface area contributed by atoms with Gasteiger partial charge < -0.3 is 10.1 Å². The van der Waals surface area contributed by atoms with Crippen LogP contribution in [0.15, 0.2) is 54.6 Å². The number of anilines is 1. The molecule has 3 aromatic rings. The number of amides is 1. The summed E-state index contributed by atoms with van der Waals surface area (Å²) >= 11 is 0. The van der Waals surface area contributed by atoms with E-state index >= 15 is 0 Å². The Morgan fingerprint density at radius 1 is 1.07 bits per heavy atom. The lowest BCUT2D eigenvalue weighted by molar-refractivity contribution is -0.137. The number of alkyl halides is 3. The fourth-order valence-corrected chi connectivity index (χ4v) is 2.71. The first-order valence-electron chi connectivity index (χ1n) is 8.25. The highest BCUT2D eigenvalue weighted by molar-refractivity contribution is 6.04. The summed E-state index contributed by atoms with van der Waals surface area (Å²) in [7, 11) is 0. The minimum absolute atomic E-state index is 0.228. The molecule has 0 saturated carbocycles. The molecule has 0 saturated heterocycles. The molecule has 1 heterocycles. The molecule has 0 radical (unpaired) electrons. The highest BCUT2D eigenvalue weighted by Crippen LogP contribution is 2.34. The smallest absolute Gasteiger partial charge is 0.418 e. The second-order valence-electron chi connectivity index (χ2n) is 6.00. The van der Waals surface area contributed by atoms with Gasteiger partial charge in [-0.3, -0.25) is 9.78 Å². The average Bonchev–Trinajstić information content (AvgIpc) is 2.65. The van der Waals surface area contributed by atoms with Crippen molar-refractivity contribution < 1.29 is 27.5 Å². The molecule has 0 atom stereocenters. The number of rotatable bonds is 4. The molecule has 1 N–H and O–H groups in total. The molecule has 3 rings (SSSR count). The molecule has 1 amide bonds. The largest absolute Gasteiger partial charge is 0.452 e. The van der Waals surface area contributed by atoms with E-state index in [1.165, 1.54) is 18.2 Å². The first-order valence-corrected chi connectivity index (χ1v) is 8.25. The van der Waals surface area contributed by atoms with Crippen LogP contribution < -0.4 is 5.32 Å². The Morgan fingerprint density at radius 3 is 2.50 bits per heavy atom. The number of hydrogen-bond acceptors (Lipinski definition) is 4. The number of carbonyl (C=O) groups excluding carboxylic acids is 2. The van der Waals surface area contributed by atoms with Gasteiger partial charge in [0.05, 0.1) is 22.3 Å². The fourth-order valence-electron chi connectivity index (χ4n) is 2.71. The van der Waals surface area contributed by atoms with E-state index in [1.54, 1.807) is 31.2 Å². The Balaban J connectivity index is 1.72. The fraction of sp³-hybridized carbons (Fsp3) is 0.150. The average molecular weight is 388 g/mol. The third-order valence-electron chi connectivity index (χ3n) is 3.91. The third-order valence-corrected chi connectivity index (χ3v) is 3.91. The van der Waals surface area contributed by atoms with Crippen LogP contribution in [0.4, 0.5) is 18.9 Å². The standard InChI is InChI=1S/C20H15F3N2O3/c1-12-10-14(13-6-2-4-8-16(13)24-12)19(27)28-11-18(26)25-17-9-5-3-7-15(17)20(21,22)23/h2-10H,11H2,1H3,(H,25,26). The van der Waals surface area contributed by atoms with Crippen LogP contribution in [-0.2, 0) is 15.7 Å². The van der Waals surface area contributed by atoms with Crippen molar-refractivity contribution in [1.29, 1.82) is 0 Å². The van der Waals surface area contributed by atoms with Crippen LogP contribution in [0, 0.1) is 6.92 Å². The number of nitrogens with zero attached hydrogens (tertiary/aromatic N) is 1. The number of carbonyl (C=O) groups is 2. The summed E-state index contributed by atoms with van der Waals surface area (Å²) in [5.74, 6) is -1.64. The molecular formula is C20H15F3N2O3. The molecule has 2 aromatic carbocycles. The number of hydrogen-bond donors (Lipinski definition) is 1. The number of aryl methyl sites for hydroxylation is 1. The van der Waals surface area contributed by atoms with Crippen LogP contribution in [0.2, 0.25) is 0 Å². The lowest BCUT2D eigenvalue weighted by atomic mass is 10.1. The van der Waals surface area contributed by atoms with Gasteiger partial charge >= 0.3 is 12.1 Å². The van der Waals surface area contributed by atoms with E-state index < -0.39 is 35.9 Å². The van der Waals surface area contributed by atoms with Crippen molar-refractivity contribution in [1.82, 2.24) is 4.98 Å². The summed E-state index contributed by atoms with van der Waals surface area (Å²) in [6.45, 7) is 0.991. The van der Waals surface area contributed by atoms with E-state index in [9.17, 15) is 22.8 Å². The van der Waals surface area contributed by atoms with Crippen LogP contribution in [0.5, 0.6) is 0 Å². The Hall–Kier alpha value is -3.42. The molecule has 0 aliphatic carbocycles. The monoisotopic (exact) mass is 388 g/mol. The van der Waals surface area contributed by atoms with E-state index in [0.717, 1.165) is 12.1 Å². The van der Waals surface area contributed by atoms with Gasteiger partial charge in [-0.2, -0.15) is 13.2 Å². The van der Waals surface area contributed by atoms with Crippen molar-refractivity contribution in [3.05, 3.63) is 71.4 Å². The Labute approximate surface area is 158 Å². The predicted octanol–water partition coefficient (Wildman–Crippen LogP) is 4.36. The van der Waals surface area contributed by atoms with Crippen LogP contribution in [0.25, 0.3) is 10.9 Å². The van der Waals surface area contributed by atoms with Crippen molar-refractivity contribution in [2.24, 2.45) is 0 Å². The number of nitrogens with one attached hydrogen (secondary N) is 1. The number of esters is 1. The first-order chi connectivity index (χ1) is 13.3. The maximum Gasteiger partial charge on any atom is 0.418 e. The van der Waals surface area contributed by atoms with E-state index in [0.29, 0.717) is 16.6 Å². The molecule has 1 aromatic heterocycles. The number of ether oxygens (including phenoxy) is 1. The molecular weight excluding hydrogens is 373 g/mol. The van der Waals surface area contributed by atoms with Crippen LogP contribution in [0.1, 0.15) is 21.6 Å². The van der Waals surface area contributed by atoms with Gasteiger partial charge in [0.1, 0.15) is 0 Å². The molecule has 144 valence electrons. The Morgan fingerprint density at radius 2 is 1.75 bits per heavy atom. The van der Waals surface area contributed by atoms with Gasteiger partial charge in [-0.1, -0.05) is 30.3 Å². The zero-order chi connectivity index (χ0) is 20.3. The number of aromatic nitrogens is 1. The van der Waals surface area contributed by atoms with Crippen molar-refractivity contribution in [2.45, 2.75) is 13.1 Å². The van der Waals surface area contributed by atoms with E-state index in [2.05, 4.69) is 10.3 Å². The van der Waals surface area contributed by atoms with Crippen molar-refractivity contribution >= 4 is 28.5 Å². The maximum atomic E-state index is 13.0. The zero-order valence-corrected chi connectivity index (χ0v) is 14.7. The minimum atomic E-state index is -4.62. The topological polar surface area (TPSA) is 68.3 Å². The second kappa shape index (κ2) is 7.67. The predicted molar refractivity (Wildman–Crippen MR) is 96.8 cm³/mol. The lowest BCUT2D eigenvalue weighted by Gasteiger charge is -2.13. The van der Waals surface area contributed by atoms with Crippen molar-refractivity contribution in [3.63, 3.8) is 0 Å². The van der Waals surface area contributed by atoms with Gasteiger partial charge in [0, 0.05) is 11.1 Å². The maximum absolute atomic E-state index is 13.0. The number of halogens is 3. The molecule has 0 aliphatic rings. The quantitative estimate of drug-likeness (QED) is 0.675. The van der Waals surface area contributed by atoms with Gasteiger partial charge in [-0.05, 0) is 31.2 Å². The molecule has 0 unspecified atom stereocenters. The van der Waals surface area contributed by atoms with Crippen LogP contribution >= 0.6 is 0 Å². The molecule has 0 aliphatic heterocycles. The van der Waals surface area contributed by atoms with Gasteiger partial charge in [0.15, 0.2) is 6.61 Å².